The zero-order valence-electron chi connectivity index (χ0n) is 48.1. The number of hydrogen-bond acceptors (Lipinski definition) is 10. The number of para-hydroxylation sites is 2. The zero-order valence-corrected chi connectivity index (χ0v) is 48.1. The van der Waals surface area contributed by atoms with Gasteiger partial charge in [-0.1, -0.05) is 98.5 Å². The van der Waals surface area contributed by atoms with Crippen LogP contribution in [0.4, 0.5) is 21.0 Å². The van der Waals surface area contributed by atoms with Gasteiger partial charge in [-0.25, -0.2) is 9.59 Å². The summed E-state index contributed by atoms with van der Waals surface area (Å²) in [5.74, 6) is -0.170. The van der Waals surface area contributed by atoms with Crippen LogP contribution in [-0.4, -0.2) is 131 Å². The highest BCUT2D eigenvalue weighted by Gasteiger charge is 2.50. The quantitative estimate of drug-likeness (QED) is 0.119. The molecule has 4 heterocycles. The topological polar surface area (TPSA) is 182 Å². The number of likely N-dealkylation sites (tertiary alicyclic amines) is 2. The van der Waals surface area contributed by atoms with Crippen molar-refractivity contribution in [1.29, 1.82) is 0 Å². The number of rotatable bonds is 10. The third-order valence-corrected chi connectivity index (χ3v) is 17.0. The zero-order chi connectivity index (χ0) is 56.9. The summed E-state index contributed by atoms with van der Waals surface area (Å²) in [5.41, 5.74) is 4.35. The van der Waals surface area contributed by atoms with Crippen LogP contribution in [0.2, 0.25) is 0 Å². The third-order valence-electron chi connectivity index (χ3n) is 17.0. The van der Waals surface area contributed by atoms with Gasteiger partial charge in [0.05, 0.1) is 23.9 Å². The molecule has 2 aliphatic carbocycles. The van der Waals surface area contributed by atoms with Crippen molar-refractivity contribution in [2.24, 2.45) is 23.7 Å². The van der Waals surface area contributed by atoms with Gasteiger partial charge in [0, 0.05) is 98.8 Å². The fourth-order valence-corrected chi connectivity index (χ4v) is 13.2. The summed E-state index contributed by atoms with van der Waals surface area (Å²) < 4.78 is 11.2. The number of amides is 6. The van der Waals surface area contributed by atoms with Gasteiger partial charge in [-0.05, 0) is 128 Å². The molecule has 0 aromatic heterocycles. The molecule has 80 heavy (non-hydrogen) atoms. The molecular weight excluding hydrogens is 1010 g/mol. The second-order valence-corrected chi connectivity index (χ2v) is 24.9. The molecule has 2 saturated carbocycles. The number of nitrogens with one attached hydrogen (secondary N) is 4. The van der Waals surface area contributed by atoms with E-state index in [9.17, 15) is 28.8 Å². The molecule has 4 fully saturated rings. The van der Waals surface area contributed by atoms with Crippen LogP contribution in [-0.2, 0) is 19.1 Å². The minimum Gasteiger partial charge on any atom is -0.444 e. The van der Waals surface area contributed by atoms with E-state index in [1.165, 1.54) is 0 Å². The smallest absolute Gasteiger partial charge is 0.410 e. The largest absolute Gasteiger partial charge is 0.444 e. The fraction of sp³-hybridized carbons (Fsp3) is 0.531. The Morgan fingerprint density at radius 2 is 0.850 bits per heavy atom. The Morgan fingerprint density at radius 1 is 0.500 bits per heavy atom. The highest BCUT2D eigenvalue weighted by atomic mass is 16.6. The molecule has 4 N–H and O–H groups in total. The summed E-state index contributed by atoms with van der Waals surface area (Å²) in [6, 6.07) is 34.2. The standard InChI is InChI=1S/2C32H42N4O4/c2*1-32(2,3)40-31(39)35(4)20-27-23-18-19-36(28(23)22-14-8-10-16-25(22)33-27)30(38)24-15-9-11-17-26(24)34-29(37)21-12-6-5-7-13-21/h2*5-8,10,12-14,16,23-24,26-28,33H,9,11,15,17-20H2,1-4H3,(H,34,37)/t23-,24+,26-,27+,28+;23-,24-,26+,27+,28+/m10/s1. The first kappa shape index (κ1) is 57.6. The van der Waals surface area contributed by atoms with Crippen molar-refractivity contribution in [3.8, 4) is 0 Å². The van der Waals surface area contributed by atoms with Crippen molar-refractivity contribution in [1.82, 2.24) is 30.2 Å². The van der Waals surface area contributed by atoms with Crippen molar-refractivity contribution < 1.29 is 38.2 Å². The molecule has 10 atom stereocenters. The molecule has 4 aromatic rings. The first-order chi connectivity index (χ1) is 38.2. The van der Waals surface area contributed by atoms with Gasteiger partial charge in [-0.2, -0.15) is 0 Å². The highest BCUT2D eigenvalue weighted by Crippen LogP contribution is 2.49. The van der Waals surface area contributed by atoms with Crippen LogP contribution in [0.3, 0.4) is 0 Å². The van der Waals surface area contributed by atoms with Gasteiger partial charge in [0.2, 0.25) is 11.8 Å². The summed E-state index contributed by atoms with van der Waals surface area (Å²) in [5, 5.41) is 13.7. The number of hydrogen-bond donors (Lipinski definition) is 4. The maximum absolute atomic E-state index is 14.3. The number of nitrogens with zero attached hydrogens (tertiary/aromatic N) is 4. The molecule has 16 nitrogen and oxygen atoms in total. The molecule has 0 bridgehead atoms. The Morgan fingerprint density at radius 3 is 1.23 bits per heavy atom. The first-order valence-corrected chi connectivity index (χ1v) is 29.2. The van der Waals surface area contributed by atoms with Crippen molar-refractivity contribution in [2.45, 2.75) is 153 Å². The number of benzene rings is 4. The maximum Gasteiger partial charge on any atom is 0.410 e. The molecule has 0 unspecified atom stereocenters. The van der Waals surface area contributed by atoms with Gasteiger partial charge in [0.1, 0.15) is 11.2 Å². The molecule has 10 rings (SSSR count). The number of carbonyl (C=O) groups excluding carboxylic acids is 6. The van der Waals surface area contributed by atoms with Crippen molar-refractivity contribution in [3.05, 3.63) is 131 Å². The predicted octanol–water partition coefficient (Wildman–Crippen LogP) is 10.5. The van der Waals surface area contributed by atoms with E-state index < -0.39 is 11.2 Å². The minimum absolute atomic E-state index is 0.0184. The van der Waals surface area contributed by atoms with Gasteiger partial charge in [-0.15, -0.1) is 0 Å². The minimum atomic E-state index is -0.566. The summed E-state index contributed by atoms with van der Waals surface area (Å²) in [4.78, 5) is 87.4. The lowest BCUT2D eigenvalue weighted by Crippen LogP contribution is -2.51. The fourth-order valence-electron chi connectivity index (χ4n) is 13.2. The number of fused-ring (bicyclic) bond motifs is 6. The van der Waals surface area contributed by atoms with E-state index >= 15 is 0 Å². The average molecular weight is 1090 g/mol. The van der Waals surface area contributed by atoms with Crippen LogP contribution < -0.4 is 21.3 Å². The van der Waals surface area contributed by atoms with Gasteiger partial charge >= 0.3 is 12.2 Å². The summed E-state index contributed by atoms with van der Waals surface area (Å²) in [7, 11) is 3.54. The molecule has 2 saturated heterocycles. The predicted molar refractivity (Wildman–Crippen MR) is 310 cm³/mol. The highest BCUT2D eigenvalue weighted by molar-refractivity contribution is 5.95. The molecule has 0 spiro atoms. The van der Waals surface area contributed by atoms with Gasteiger partial charge in [0.15, 0.2) is 0 Å². The van der Waals surface area contributed by atoms with Crippen LogP contribution in [0, 0.1) is 23.7 Å². The Bertz CT molecular complexity index is 2640. The van der Waals surface area contributed by atoms with Crippen molar-refractivity contribution in [2.75, 3.05) is 50.9 Å². The second-order valence-electron chi connectivity index (χ2n) is 24.9. The van der Waals surface area contributed by atoms with E-state index in [0.717, 1.165) is 86.7 Å². The molecule has 4 aromatic carbocycles. The monoisotopic (exact) mass is 1090 g/mol. The van der Waals surface area contributed by atoms with Gasteiger partial charge in [0.25, 0.3) is 11.8 Å². The molecule has 0 radical (unpaired) electrons. The van der Waals surface area contributed by atoms with Crippen molar-refractivity contribution >= 4 is 47.2 Å². The molecular formula is C64H84N8O8. The summed E-state index contributed by atoms with van der Waals surface area (Å²) >= 11 is 0. The van der Waals surface area contributed by atoms with Gasteiger partial charge in [-0.3, -0.25) is 19.2 Å². The van der Waals surface area contributed by atoms with E-state index in [1.807, 2.05) is 102 Å². The lowest BCUT2D eigenvalue weighted by molar-refractivity contribution is -0.139. The normalized spacial score (nSPS) is 25.7. The Hall–Kier alpha value is -7.10. The van der Waals surface area contributed by atoms with Crippen LogP contribution >= 0.6 is 0 Å². The molecule has 4 aliphatic heterocycles. The second kappa shape index (κ2) is 24.7. The van der Waals surface area contributed by atoms with E-state index in [2.05, 4.69) is 55.3 Å². The summed E-state index contributed by atoms with van der Waals surface area (Å²) in [6.45, 7) is 13.5. The number of ether oxygens (including phenoxy) is 2. The lowest BCUT2D eigenvalue weighted by atomic mass is 9.80. The third kappa shape index (κ3) is 13.4. The maximum atomic E-state index is 14.3. The van der Waals surface area contributed by atoms with Crippen molar-refractivity contribution in [3.63, 3.8) is 0 Å². The van der Waals surface area contributed by atoms with E-state index in [-0.39, 0.29) is 95.7 Å². The average Bonchev–Trinajstić information content (AvgIpc) is 4.22. The number of likely N-dealkylation sites (N-methyl/N-ethyl adjacent to an activating group) is 2. The molecule has 6 aliphatic rings. The number of anilines is 2. The van der Waals surface area contributed by atoms with Crippen LogP contribution in [0.5, 0.6) is 0 Å². The van der Waals surface area contributed by atoms with E-state index in [1.54, 1.807) is 48.2 Å². The van der Waals surface area contributed by atoms with Crippen LogP contribution in [0.25, 0.3) is 0 Å². The van der Waals surface area contributed by atoms with E-state index in [0.29, 0.717) is 37.3 Å². The number of carbonyl (C=O) groups is 6. The van der Waals surface area contributed by atoms with Crippen LogP contribution in [0.15, 0.2) is 109 Å². The molecule has 6 amide bonds. The summed E-state index contributed by atoms with van der Waals surface area (Å²) in [6.07, 6.45) is 8.11. The van der Waals surface area contributed by atoms with Crippen LogP contribution in [0.1, 0.15) is 150 Å². The Kier molecular flexibility index (Phi) is 17.8. The molecule has 16 heteroatoms. The Balaban J connectivity index is 0.000000194. The van der Waals surface area contributed by atoms with E-state index in [4.69, 9.17) is 9.47 Å². The molecule has 428 valence electrons. The van der Waals surface area contributed by atoms with Gasteiger partial charge < -0.3 is 50.3 Å². The first-order valence-electron chi connectivity index (χ1n) is 29.2. The Labute approximate surface area is 473 Å². The SMILES string of the molecule is CN(C[C@@H]1Nc2ccccc2[C@H]2[C@@H]1CCN2C(=O)[C@H]1CCCC[C@H]1NC(=O)c1ccccc1)C(=O)OC(C)(C)C.CN(C[C@H]1Nc2ccccc2[C@@H]2[C@H]1CCN2C(=O)[C@H]1CCCC[C@H]1NC(=O)c1ccccc1)C(=O)OC(C)(C)C. The lowest BCUT2D eigenvalue weighted by Gasteiger charge is -2.42.